The molecule has 27 aromatic rings. The quantitative estimate of drug-likeness (QED) is 0.128. The summed E-state index contributed by atoms with van der Waals surface area (Å²) >= 11 is 1.68. The molecule has 0 N–H and O–H groups in total. The molecule has 12 nitrogen and oxygen atoms in total. The number of fused-ring (bicyclic) bond motifs is 30. The van der Waals surface area contributed by atoms with Crippen LogP contribution in [-0.2, 0) is 16.2 Å². The predicted molar refractivity (Wildman–Crippen MR) is 581 cm³/mol. The van der Waals surface area contributed by atoms with Crippen LogP contribution in [0.2, 0.25) is 0 Å². The molecule has 0 radical (unpaired) electrons. The van der Waals surface area contributed by atoms with Gasteiger partial charge in [-0.3, -0.25) is 0 Å². The van der Waals surface area contributed by atoms with Crippen molar-refractivity contribution in [3.8, 4) is 113 Å². The maximum Gasteiger partial charge on any atom is 0.179 e. The molecule has 18 aromatic carbocycles. The van der Waals surface area contributed by atoms with Crippen molar-refractivity contribution < 1.29 is 17.7 Å². The Bertz CT molecular complexity index is 9990. The van der Waals surface area contributed by atoms with E-state index in [1.807, 2.05) is 72.9 Å². The lowest BCUT2D eigenvalue weighted by Crippen LogP contribution is -2.27. The van der Waals surface area contributed by atoms with Gasteiger partial charge in [0.2, 0.25) is 0 Å². The highest BCUT2D eigenvalue weighted by atomic mass is 32.1. The van der Waals surface area contributed by atoms with E-state index in [1.165, 1.54) is 77.7 Å². The van der Waals surface area contributed by atoms with Gasteiger partial charge in [-0.2, -0.15) is 0 Å². The second-order valence-electron chi connectivity index (χ2n) is 38.6. The molecule has 9 aromatic heterocycles. The van der Waals surface area contributed by atoms with Crippen molar-refractivity contribution in [1.82, 2.24) is 39.9 Å². The first-order valence-electron chi connectivity index (χ1n) is 48.7. The van der Waals surface area contributed by atoms with Crippen molar-refractivity contribution in [3.63, 3.8) is 0 Å². The fourth-order valence-corrected chi connectivity index (χ4v) is 24.7. The van der Waals surface area contributed by atoms with Crippen molar-refractivity contribution in [3.05, 3.63) is 433 Å². The molecule has 30 rings (SSSR count). The first-order valence-corrected chi connectivity index (χ1v) is 49.5. The summed E-state index contributed by atoms with van der Waals surface area (Å²) in [6, 6.07) is 136. The molecule has 13 heteroatoms. The second-order valence-corrected chi connectivity index (χ2v) is 39.6. The second kappa shape index (κ2) is 31.8. The molecule has 3 aliphatic rings. The summed E-state index contributed by atoms with van der Waals surface area (Å²) in [7, 11) is 0. The number of para-hydroxylation sites is 5. The van der Waals surface area contributed by atoms with E-state index in [-0.39, 0.29) is 10.8 Å². The van der Waals surface area contributed by atoms with Crippen LogP contribution in [-0.4, -0.2) is 39.9 Å². The van der Waals surface area contributed by atoms with Gasteiger partial charge in [-0.1, -0.05) is 332 Å². The van der Waals surface area contributed by atoms with Gasteiger partial charge in [0.05, 0.1) is 33.5 Å². The van der Waals surface area contributed by atoms with Crippen LogP contribution in [0.4, 0.5) is 0 Å². The van der Waals surface area contributed by atoms with E-state index in [9.17, 15) is 0 Å². The number of rotatable bonds is 10. The number of aromatic nitrogens is 8. The van der Waals surface area contributed by atoms with Crippen molar-refractivity contribution >= 4 is 152 Å². The van der Waals surface area contributed by atoms with Gasteiger partial charge in [0.15, 0.2) is 23.3 Å². The van der Waals surface area contributed by atoms with Crippen LogP contribution in [0.5, 0.6) is 0 Å². The number of hydrogen-bond acceptors (Lipinski definition) is 13. The van der Waals surface area contributed by atoms with Crippen LogP contribution in [0.25, 0.3) is 253 Å². The number of nitrogens with zero attached hydrogens (tertiary/aromatic N) is 8. The Labute approximate surface area is 820 Å². The maximum absolute atomic E-state index is 6.75. The van der Waals surface area contributed by atoms with Gasteiger partial charge in [0, 0.05) is 125 Å². The Morgan fingerprint density at radius 1 is 0.289 bits per heavy atom. The number of benzene rings is 18. The Morgan fingerprint density at radius 2 is 0.824 bits per heavy atom. The fourth-order valence-electron chi connectivity index (χ4n) is 23.6. The molecule has 0 fully saturated rings. The van der Waals surface area contributed by atoms with E-state index in [2.05, 4.69) is 363 Å². The van der Waals surface area contributed by atoms with Crippen LogP contribution in [0, 0.1) is 5.92 Å². The number of hydrogen-bond donors (Lipinski definition) is 0. The Kier molecular flexibility index (Phi) is 18.5. The predicted octanol–water partition coefficient (Wildman–Crippen LogP) is 34.3. The molecule has 142 heavy (non-hydrogen) atoms. The zero-order chi connectivity index (χ0) is 94.5. The number of thiophene rings is 1. The molecule has 0 amide bonds. The molecule has 0 aliphatic heterocycles. The highest BCUT2D eigenvalue weighted by molar-refractivity contribution is 7.25. The van der Waals surface area contributed by atoms with E-state index in [0.717, 1.165) is 198 Å². The standard InChI is InChI=1S/C46H28N2O2.C42H30N2O.C41H28N4OS/c1-46(27-14-3-2-4-15-27)34-21-9-5-16-28(34)41-33(26-39-42(43(41)46)31-19-8-12-24-37(31)50-39)45-47-35-22-10-6-17-29(35)44(48-45)32-20-13-25-38-40(32)30-18-7-11-23-36(30)49-38;1-3-42(2)34-20-11-10-17-29(34)30-22-24-36-37(38(30)42)31-18-12-19-32(40(31)45-36)41-43-35-23-21-28(26-13-6-4-7-14-26)25-33(35)39(44-41)27-15-8-5-9-16-27;1-22(2)41(3)30-13-7-5-11-25(30)26-17-18-27-29-20-23(16-19-32(29)46-37(27)35(26)41)38-44-36(39-42-21-24-10-4-8-14-31(24)43-39)34-28-12-6-9-15-33(28)47-40(34)45-38/h2-26H,1H3;4-25H,3H2,1-2H3;4-22H,1-3H3. The largest absolute Gasteiger partial charge is 0.456 e. The Morgan fingerprint density at radius 3 is 1.61 bits per heavy atom. The van der Waals surface area contributed by atoms with Gasteiger partial charge in [-0.05, 0) is 188 Å². The summed E-state index contributed by atoms with van der Waals surface area (Å²) in [6.45, 7) is 14.0. The number of furan rings is 4. The molecule has 9 heterocycles. The van der Waals surface area contributed by atoms with Gasteiger partial charge >= 0.3 is 0 Å². The zero-order valence-corrected chi connectivity index (χ0v) is 79.2. The van der Waals surface area contributed by atoms with Crippen molar-refractivity contribution in [2.75, 3.05) is 0 Å². The third-order valence-corrected chi connectivity index (χ3v) is 31.9. The molecule has 3 unspecified atom stereocenters. The highest BCUT2D eigenvalue weighted by Gasteiger charge is 2.47. The van der Waals surface area contributed by atoms with Crippen molar-refractivity contribution in [1.29, 1.82) is 0 Å². The highest BCUT2D eigenvalue weighted by Crippen LogP contribution is 2.62. The normalized spacial score (nSPS) is 15.6. The van der Waals surface area contributed by atoms with Gasteiger partial charge < -0.3 is 17.7 Å². The monoisotopic (exact) mass is 1840 g/mol. The maximum atomic E-state index is 6.75. The summed E-state index contributed by atoms with van der Waals surface area (Å²) < 4.78 is 27.7. The summed E-state index contributed by atoms with van der Waals surface area (Å²) in [5, 5.41) is 14.0. The third kappa shape index (κ3) is 12.4. The minimum absolute atomic E-state index is 0.103. The lowest BCUT2D eigenvalue weighted by Gasteiger charge is -2.31. The first-order chi connectivity index (χ1) is 69.8. The van der Waals surface area contributed by atoms with Crippen molar-refractivity contribution in [2.24, 2.45) is 5.92 Å². The minimum Gasteiger partial charge on any atom is -0.456 e. The lowest BCUT2D eigenvalue weighted by atomic mass is 9.71. The van der Waals surface area contributed by atoms with Crippen LogP contribution in [0.3, 0.4) is 0 Å². The smallest absolute Gasteiger partial charge is 0.179 e. The van der Waals surface area contributed by atoms with E-state index in [1.54, 1.807) is 11.3 Å². The molecule has 0 saturated heterocycles. The summed E-state index contributed by atoms with van der Waals surface area (Å²) in [6.07, 6.45) is 2.88. The molecule has 672 valence electrons. The SMILES string of the molecule is CC(C)C1(C)c2ccccc2-c2ccc3c(oc4ccc(-c5nc(-c6ncc7ccccc7n6)c6c(n5)sc5ccccc56)cc43)c21.CC1(c2ccccc2)c2ccccc2-c2c(-c3nc(-c4cccc5oc6ccccc6c45)c4ccccc4n3)cc3oc4ccccc4c3c21.CCC1(C)c2ccccc2-c2ccc3oc4c(-c5nc(-c6ccccc6)c6cc(-c7ccccc7)ccc6n5)cccc4c3c21. The van der Waals surface area contributed by atoms with Gasteiger partial charge in [-0.25, -0.2) is 39.9 Å². The average Bonchev–Trinajstić information content (AvgIpc) is 1.50. The molecule has 3 aliphatic carbocycles. The molecule has 3 atom stereocenters. The molecule has 0 saturated carbocycles. The zero-order valence-electron chi connectivity index (χ0n) is 78.4. The van der Waals surface area contributed by atoms with Crippen LogP contribution in [0.1, 0.15) is 86.9 Å². The molecule has 0 bridgehead atoms. The van der Waals surface area contributed by atoms with Crippen LogP contribution in [0.15, 0.2) is 412 Å². The summed E-state index contributed by atoms with van der Waals surface area (Å²) in [4.78, 5) is 42.3. The lowest BCUT2D eigenvalue weighted by molar-refractivity contribution is 0.413. The van der Waals surface area contributed by atoms with Crippen LogP contribution >= 0.6 is 11.3 Å². The molecular formula is C129H86N8O4S. The average molecular weight is 1840 g/mol. The van der Waals surface area contributed by atoms with Crippen LogP contribution < -0.4 is 0 Å². The third-order valence-electron chi connectivity index (χ3n) is 30.9. The summed E-state index contributed by atoms with van der Waals surface area (Å²) in [5.74, 6) is 2.95. The summed E-state index contributed by atoms with van der Waals surface area (Å²) in [5.41, 5.74) is 35.3. The molecule has 0 spiro atoms. The van der Waals surface area contributed by atoms with Gasteiger partial charge in [0.25, 0.3) is 0 Å². The van der Waals surface area contributed by atoms with Gasteiger partial charge in [0.1, 0.15) is 55.2 Å². The van der Waals surface area contributed by atoms with Crippen molar-refractivity contribution in [2.45, 2.75) is 64.2 Å². The Hall–Kier alpha value is -17.5. The van der Waals surface area contributed by atoms with E-state index in [0.29, 0.717) is 29.2 Å². The van der Waals surface area contributed by atoms with E-state index in [4.69, 9.17) is 57.5 Å². The Balaban J connectivity index is 0.000000104. The van der Waals surface area contributed by atoms with E-state index >= 15 is 0 Å². The first kappa shape index (κ1) is 82.7. The van der Waals surface area contributed by atoms with Gasteiger partial charge in [-0.15, -0.1) is 11.3 Å². The minimum atomic E-state index is -0.449. The van der Waals surface area contributed by atoms with E-state index < -0.39 is 5.41 Å². The molecular weight excluding hydrogens is 1760 g/mol. The fraction of sp³-hybridized carbons (Fsp3) is 0.0853. The topological polar surface area (TPSA) is 156 Å².